The van der Waals surface area contributed by atoms with Crippen molar-refractivity contribution in [3.05, 3.63) is 27.9 Å². The maximum Gasteiger partial charge on any atom is 0.311 e. The van der Waals surface area contributed by atoms with Gasteiger partial charge >= 0.3 is 5.69 Å². The fourth-order valence-corrected chi connectivity index (χ4v) is 2.57. The molecule has 0 unspecified atom stereocenters. The van der Waals surface area contributed by atoms with Gasteiger partial charge in [0.1, 0.15) is 5.60 Å². The molecule has 0 spiro atoms. The number of nitrogens with zero attached hydrogens (tertiary/aromatic N) is 3. The number of pyridine rings is 1. The third-order valence-electron chi connectivity index (χ3n) is 3.75. The first kappa shape index (κ1) is 11.4. The zero-order chi connectivity index (χ0) is 12.9. The number of aliphatic hydroxyl groups is 1. The fraction of sp³-hybridized carbons (Fsp3) is 0.583. The maximum absolute atomic E-state index is 11.0. The van der Waals surface area contributed by atoms with Gasteiger partial charge in [0, 0.05) is 12.3 Å². The minimum absolute atomic E-state index is 0.0212. The standard InChI is InChI=1S/C12H15N3O3/c1-8-4-10(15(17)18)11(13-5-8)14-6-12(16,7-14)9-2-3-9/h4-5,9,16H,2-3,6-7H2,1H3. The molecular formula is C12H15N3O3. The number of anilines is 1. The Morgan fingerprint density at radius 1 is 1.56 bits per heavy atom. The Morgan fingerprint density at radius 3 is 2.78 bits per heavy atom. The predicted octanol–water partition coefficient (Wildman–Crippen LogP) is 1.26. The Balaban J connectivity index is 1.83. The Kier molecular flexibility index (Phi) is 2.31. The van der Waals surface area contributed by atoms with Crippen LogP contribution in [0.1, 0.15) is 18.4 Å². The number of hydrogen-bond donors (Lipinski definition) is 1. The van der Waals surface area contributed by atoms with E-state index in [1.54, 1.807) is 18.0 Å². The fourth-order valence-electron chi connectivity index (χ4n) is 2.57. The Hall–Kier alpha value is -1.69. The lowest BCUT2D eigenvalue weighted by Gasteiger charge is -2.47. The molecule has 3 rings (SSSR count). The zero-order valence-electron chi connectivity index (χ0n) is 10.2. The highest BCUT2D eigenvalue weighted by atomic mass is 16.6. The van der Waals surface area contributed by atoms with Gasteiger partial charge in [-0.1, -0.05) is 0 Å². The predicted molar refractivity (Wildman–Crippen MR) is 65.5 cm³/mol. The van der Waals surface area contributed by atoms with E-state index in [0.717, 1.165) is 18.4 Å². The summed E-state index contributed by atoms with van der Waals surface area (Å²) in [5.41, 5.74) is 0.136. The smallest absolute Gasteiger partial charge is 0.311 e. The van der Waals surface area contributed by atoms with Gasteiger partial charge in [0.05, 0.1) is 18.0 Å². The summed E-state index contributed by atoms with van der Waals surface area (Å²) in [5, 5.41) is 21.2. The lowest BCUT2D eigenvalue weighted by atomic mass is 9.88. The highest BCUT2D eigenvalue weighted by Crippen LogP contribution is 2.46. The number of rotatable bonds is 3. The highest BCUT2D eigenvalue weighted by molar-refractivity contribution is 5.61. The van der Waals surface area contributed by atoms with Crippen LogP contribution in [0.5, 0.6) is 0 Å². The van der Waals surface area contributed by atoms with E-state index in [1.165, 1.54) is 6.07 Å². The maximum atomic E-state index is 11.0. The summed E-state index contributed by atoms with van der Waals surface area (Å²) < 4.78 is 0. The van der Waals surface area contributed by atoms with Crippen LogP contribution in [0.15, 0.2) is 12.3 Å². The van der Waals surface area contributed by atoms with Crippen LogP contribution in [0.4, 0.5) is 11.5 Å². The van der Waals surface area contributed by atoms with E-state index in [4.69, 9.17) is 0 Å². The van der Waals surface area contributed by atoms with Crippen molar-refractivity contribution in [1.29, 1.82) is 0 Å². The molecule has 96 valence electrons. The summed E-state index contributed by atoms with van der Waals surface area (Å²) in [4.78, 5) is 16.5. The second-order valence-corrected chi connectivity index (χ2v) is 5.35. The average molecular weight is 249 g/mol. The minimum atomic E-state index is -0.652. The zero-order valence-corrected chi connectivity index (χ0v) is 10.2. The monoisotopic (exact) mass is 249 g/mol. The molecule has 6 heteroatoms. The van der Waals surface area contributed by atoms with Crippen molar-refractivity contribution in [3.8, 4) is 0 Å². The number of hydrogen-bond acceptors (Lipinski definition) is 5. The second kappa shape index (κ2) is 3.65. The van der Waals surface area contributed by atoms with E-state index >= 15 is 0 Å². The summed E-state index contributed by atoms with van der Waals surface area (Å²) in [6, 6.07) is 1.52. The van der Waals surface area contributed by atoms with Crippen molar-refractivity contribution >= 4 is 11.5 Å². The molecule has 0 radical (unpaired) electrons. The number of β-amino-alcohol motifs (C(OH)–C–C–N with tert-alkyl or cyclic N) is 1. The van der Waals surface area contributed by atoms with Crippen LogP contribution in [0, 0.1) is 23.0 Å². The third kappa shape index (κ3) is 1.73. The van der Waals surface area contributed by atoms with Gasteiger partial charge in [0.25, 0.3) is 0 Å². The van der Waals surface area contributed by atoms with Crippen LogP contribution in [-0.2, 0) is 0 Å². The van der Waals surface area contributed by atoms with Gasteiger partial charge in [-0.15, -0.1) is 0 Å². The highest BCUT2D eigenvalue weighted by Gasteiger charge is 2.53. The van der Waals surface area contributed by atoms with Gasteiger partial charge in [0.15, 0.2) is 0 Å². The molecule has 2 fully saturated rings. The Labute approximate surface area is 104 Å². The molecule has 0 amide bonds. The topological polar surface area (TPSA) is 79.5 Å². The molecule has 6 nitrogen and oxygen atoms in total. The van der Waals surface area contributed by atoms with Crippen LogP contribution in [-0.4, -0.2) is 33.7 Å². The molecule has 1 aromatic heterocycles. The van der Waals surface area contributed by atoms with Crippen molar-refractivity contribution in [1.82, 2.24) is 4.98 Å². The first-order valence-electron chi connectivity index (χ1n) is 6.08. The van der Waals surface area contributed by atoms with Gasteiger partial charge in [-0.25, -0.2) is 4.98 Å². The average Bonchev–Trinajstić information content (AvgIpc) is 3.09. The molecular weight excluding hydrogens is 234 g/mol. The summed E-state index contributed by atoms with van der Waals surface area (Å²) in [7, 11) is 0. The van der Waals surface area contributed by atoms with E-state index < -0.39 is 10.5 Å². The molecule has 1 aromatic rings. The number of aromatic nitrogens is 1. The van der Waals surface area contributed by atoms with Gasteiger partial charge in [-0.3, -0.25) is 10.1 Å². The lowest BCUT2D eigenvalue weighted by Crippen LogP contribution is -2.63. The van der Waals surface area contributed by atoms with Gasteiger partial charge in [0.2, 0.25) is 5.82 Å². The largest absolute Gasteiger partial charge is 0.386 e. The van der Waals surface area contributed by atoms with Crippen LogP contribution < -0.4 is 4.90 Å². The molecule has 1 saturated carbocycles. The summed E-state index contributed by atoms with van der Waals surface area (Å²) in [5.74, 6) is 0.745. The van der Waals surface area contributed by atoms with Crippen molar-refractivity contribution in [3.63, 3.8) is 0 Å². The van der Waals surface area contributed by atoms with E-state index in [2.05, 4.69) is 4.98 Å². The molecule has 1 aliphatic heterocycles. The minimum Gasteiger partial charge on any atom is -0.386 e. The van der Waals surface area contributed by atoms with Gasteiger partial charge in [-0.2, -0.15) is 0 Å². The first-order valence-corrected chi connectivity index (χ1v) is 6.08. The molecule has 1 saturated heterocycles. The van der Waals surface area contributed by atoms with E-state index in [1.807, 2.05) is 0 Å². The number of aryl methyl sites for hydroxylation is 1. The molecule has 18 heavy (non-hydrogen) atoms. The molecule has 0 aromatic carbocycles. The van der Waals surface area contributed by atoms with Crippen molar-refractivity contribution in [2.75, 3.05) is 18.0 Å². The van der Waals surface area contributed by atoms with E-state index in [0.29, 0.717) is 24.8 Å². The van der Waals surface area contributed by atoms with E-state index in [9.17, 15) is 15.2 Å². The second-order valence-electron chi connectivity index (χ2n) is 5.35. The SMILES string of the molecule is Cc1cnc(N2CC(O)(C3CC3)C2)c([N+](=O)[O-])c1. The van der Waals surface area contributed by atoms with Gasteiger partial charge < -0.3 is 10.0 Å². The van der Waals surface area contributed by atoms with E-state index in [-0.39, 0.29) is 5.69 Å². The molecule has 0 bridgehead atoms. The summed E-state index contributed by atoms with van der Waals surface area (Å²) in [6.07, 6.45) is 3.75. The lowest BCUT2D eigenvalue weighted by molar-refractivity contribution is -0.384. The quantitative estimate of drug-likeness (QED) is 0.644. The Bertz CT molecular complexity index is 507. The molecule has 2 heterocycles. The molecule has 1 N–H and O–H groups in total. The van der Waals surface area contributed by atoms with Crippen LogP contribution >= 0.6 is 0 Å². The van der Waals surface area contributed by atoms with Crippen LogP contribution in [0.25, 0.3) is 0 Å². The number of nitro groups is 1. The van der Waals surface area contributed by atoms with Gasteiger partial charge in [-0.05, 0) is 31.2 Å². The molecule has 0 atom stereocenters. The summed E-state index contributed by atoms with van der Waals surface area (Å²) in [6.45, 7) is 2.68. The normalized spacial score (nSPS) is 21.6. The Morgan fingerprint density at radius 2 is 2.22 bits per heavy atom. The van der Waals surface area contributed by atoms with Crippen LogP contribution in [0.3, 0.4) is 0 Å². The summed E-state index contributed by atoms with van der Waals surface area (Å²) >= 11 is 0. The van der Waals surface area contributed by atoms with Crippen molar-refractivity contribution < 1.29 is 10.0 Å². The van der Waals surface area contributed by atoms with Crippen LogP contribution in [0.2, 0.25) is 0 Å². The van der Waals surface area contributed by atoms with Crippen molar-refractivity contribution in [2.24, 2.45) is 5.92 Å². The third-order valence-corrected chi connectivity index (χ3v) is 3.75. The van der Waals surface area contributed by atoms with Crippen molar-refractivity contribution in [2.45, 2.75) is 25.4 Å². The first-order chi connectivity index (χ1) is 8.49. The molecule has 2 aliphatic rings. The molecule has 1 aliphatic carbocycles.